The Morgan fingerprint density at radius 1 is 1.47 bits per heavy atom. The lowest BCUT2D eigenvalue weighted by molar-refractivity contribution is 0.0913. The Morgan fingerprint density at radius 2 is 2.24 bits per heavy atom. The molecule has 1 aromatic carbocycles. The molecule has 92 valence electrons. The highest BCUT2D eigenvalue weighted by Gasteiger charge is 2.20. The van der Waals surface area contributed by atoms with Crippen molar-refractivity contribution in [2.75, 3.05) is 25.9 Å². The molecule has 1 saturated heterocycles. The number of nitrogens with two attached hydrogens (primary N) is 1. The van der Waals surface area contributed by atoms with Gasteiger partial charge in [0, 0.05) is 18.3 Å². The zero-order valence-corrected chi connectivity index (χ0v) is 10.1. The molecule has 0 radical (unpaired) electrons. The minimum absolute atomic E-state index is 0.0663. The Balaban J connectivity index is 1.99. The Morgan fingerprint density at radius 3 is 2.94 bits per heavy atom. The predicted molar refractivity (Wildman–Crippen MR) is 68.8 cm³/mol. The van der Waals surface area contributed by atoms with Crippen molar-refractivity contribution in [2.24, 2.45) is 0 Å². The first-order valence-corrected chi connectivity index (χ1v) is 6.00. The summed E-state index contributed by atoms with van der Waals surface area (Å²) in [7, 11) is 2.08. The molecule has 0 aromatic heterocycles. The summed E-state index contributed by atoms with van der Waals surface area (Å²) in [5.41, 5.74) is 6.89. The number of piperidine rings is 1. The zero-order chi connectivity index (χ0) is 12.3. The molecule has 1 heterocycles. The number of rotatable bonds is 2. The highest BCUT2D eigenvalue weighted by atomic mass is 16.1. The van der Waals surface area contributed by atoms with Crippen LogP contribution in [0.25, 0.3) is 0 Å². The second-order valence-electron chi connectivity index (χ2n) is 4.66. The standard InChI is InChI=1S/C13H19N3O/c1-16-8-4-5-10(9-16)15-13(17)11-6-2-3-7-12(11)14/h2-3,6-7,10H,4-5,8-9,14H2,1H3,(H,15,17). The van der Waals surface area contributed by atoms with Crippen molar-refractivity contribution in [3.8, 4) is 0 Å². The van der Waals surface area contributed by atoms with Crippen LogP contribution in [0, 0.1) is 0 Å². The van der Waals surface area contributed by atoms with Crippen LogP contribution in [0.5, 0.6) is 0 Å². The Hall–Kier alpha value is -1.55. The van der Waals surface area contributed by atoms with Crippen LogP contribution < -0.4 is 11.1 Å². The van der Waals surface area contributed by atoms with E-state index >= 15 is 0 Å². The molecule has 0 aliphatic carbocycles. The Labute approximate surface area is 102 Å². The Bertz CT molecular complexity index is 405. The van der Waals surface area contributed by atoms with Crippen LogP contribution in [-0.2, 0) is 0 Å². The number of carbonyl (C=O) groups is 1. The smallest absolute Gasteiger partial charge is 0.253 e. The third kappa shape index (κ3) is 2.97. The summed E-state index contributed by atoms with van der Waals surface area (Å²) in [5.74, 6) is -0.0663. The van der Waals surface area contributed by atoms with Crippen LogP contribution >= 0.6 is 0 Å². The number of hydrogen-bond acceptors (Lipinski definition) is 3. The van der Waals surface area contributed by atoms with Crippen molar-refractivity contribution in [3.63, 3.8) is 0 Å². The van der Waals surface area contributed by atoms with Crippen LogP contribution in [0.1, 0.15) is 23.2 Å². The number of nitrogens with one attached hydrogen (secondary N) is 1. The first-order chi connectivity index (χ1) is 8.16. The molecule has 0 spiro atoms. The minimum Gasteiger partial charge on any atom is -0.398 e. The molecule has 1 unspecified atom stereocenters. The molecule has 2 rings (SSSR count). The van der Waals surface area contributed by atoms with Gasteiger partial charge in [-0.2, -0.15) is 0 Å². The molecule has 4 heteroatoms. The first kappa shape index (κ1) is 11.9. The van der Waals surface area contributed by atoms with Gasteiger partial charge in [-0.25, -0.2) is 0 Å². The van der Waals surface area contributed by atoms with E-state index in [2.05, 4.69) is 17.3 Å². The van der Waals surface area contributed by atoms with Gasteiger partial charge in [0.2, 0.25) is 0 Å². The van der Waals surface area contributed by atoms with Crippen LogP contribution in [0.3, 0.4) is 0 Å². The van der Waals surface area contributed by atoms with E-state index in [0.717, 1.165) is 25.9 Å². The van der Waals surface area contributed by atoms with Crippen LogP contribution in [-0.4, -0.2) is 37.0 Å². The number of likely N-dealkylation sites (N-methyl/N-ethyl adjacent to an activating group) is 1. The van der Waals surface area contributed by atoms with Gasteiger partial charge in [0.25, 0.3) is 5.91 Å². The second kappa shape index (κ2) is 5.19. The van der Waals surface area contributed by atoms with Crippen molar-refractivity contribution in [1.29, 1.82) is 0 Å². The SMILES string of the molecule is CN1CCCC(NC(=O)c2ccccc2N)C1. The summed E-state index contributed by atoms with van der Waals surface area (Å²) in [5, 5.41) is 3.05. The number of nitrogens with zero attached hydrogens (tertiary/aromatic N) is 1. The van der Waals surface area contributed by atoms with Gasteiger partial charge in [0.15, 0.2) is 0 Å². The maximum absolute atomic E-state index is 12.0. The normalized spacial score (nSPS) is 21.1. The number of para-hydroxylation sites is 1. The maximum atomic E-state index is 12.0. The molecule has 17 heavy (non-hydrogen) atoms. The van der Waals surface area contributed by atoms with Gasteiger partial charge < -0.3 is 16.0 Å². The summed E-state index contributed by atoms with van der Waals surface area (Å²) >= 11 is 0. The monoisotopic (exact) mass is 233 g/mol. The number of hydrogen-bond donors (Lipinski definition) is 2. The van der Waals surface area contributed by atoms with Crippen LogP contribution in [0.4, 0.5) is 5.69 Å². The van der Waals surface area contributed by atoms with Gasteiger partial charge >= 0.3 is 0 Å². The number of anilines is 1. The first-order valence-electron chi connectivity index (χ1n) is 6.00. The fourth-order valence-corrected chi connectivity index (χ4v) is 2.25. The van der Waals surface area contributed by atoms with Crippen LogP contribution in [0.2, 0.25) is 0 Å². The van der Waals surface area contributed by atoms with Gasteiger partial charge in [-0.1, -0.05) is 12.1 Å². The van der Waals surface area contributed by atoms with E-state index in [1.807, 2.05) is 12.1 Å². The van der Waals surface area contributed by atoms with Crippen molar-refractivity contribution in [2.45, 2.75) is 18.9 Å². The molecule has 1 amide bonds. The van der Waals surface area contributed by atoms with Gasteiger partial charge in [-0.15, -0.1) is 0 Å². The lowest BCUT2D eigenvalue weighted by Gasteiger charge is -2.30. The number of amides is 1. The average molecular weight is 233 g/mol. The molecular weight excluding hydrogens is 214 g/mol. The summed E-state index contributed by atoms with van der Waals surface area (Å²) < 4.78 is 0. The zero-order valence-electron chi connectivity index (χ0n) is 10.1. The maximum Gasteiger partial charge on any atom is 0.253 e. The van der Waals surface area contributed by atoms with Gasteiger partial charge in [-0.05, 0) is 38.6 Å². The second-order valence-corrected chi connectivity index (χ2v) is 4.66. The summed E-state index contributed by atoms with van der Waals surface area (Å²) in [4.78, 5) is 14.3. The quantitative estimate of drug-likeness (QED) is 0.752. The molecule has 0 saturated carbocycles. The van der Waals surface area contributed by atoms with E-state index in [0.29, 0.717) is 11.3 Å². The number of carbonyl (C=O) groups excluding carboxylic acids is 1. The molecule has 4 nitrogen and oxygen atoms in total. The van der Waals surface area contributed by atoms with E-state index in [-0.39, 0.29) is 11.9 Å². The summed E-state index contributed by atoms with van der Waals surface area (Å²) in [6, 6.07) is 7.42. The van der Waals surface area contributed by atoms with Crippen molar-refractivity contribution in [3.05, 3.63) is 29.8 Å². The molecule has 1 aromatic rings. The summed E-state index contributed by atoms with van der Waals surface area (Å²) in [6.45, 7) is 2.03. The molecule has 3 N–H and O–H groups in total. The van der Waals surface area contributed by atoms with Crippen molar-refractivity contribution >= 4 is 11.6 Å². The fraction of sp³-hybridized carbons (Fsp3) is 0.462. The van der Waals surface area contributed by atoms with Crippen molar-refractivity contribution < 1.29 is 4.79 Å². The van der Waals surface area contributed by atoms with E-state index in [9.17, 15) is 4.79 Å². The number of likely N-dealkylation sites (tertiary alicyclic amines) is 1. The molecule has 1 fully saturated rings. The minimum atomic E-state index is -0.0663. The highest BCUT2D eigenvalue weighted by molar-refractivity contribution is 5.99. The van der Waals surface area contributed by atoms with E-state index in [1.54, 1.807) is 12.1 Å². The third-order valence-corrected chi connectivity index (χ3v) is 3.17. The van der Waals surface area contributed by atoms with Crippen molar-refractivity contribution in [1.82, 2.24) is 10.2 Å². The van der Waals surface area contributed by atoms with E-state index < -0.39 is 0 Å². The molecule has 1 aliphatic heterocycles. The number of nitrogen functional groups attached to an aromatic ring is 1. The highest BCUT2D eigenvalue weighted by Crippen LogP contribution is 2.13. The number of benzene rings is 1. The third-order valence-electron chi connectivity index (χ3n) is 3.17. The van der Waals surface area contributed by atoms with E-state index in [1.165, 1.54) is 0 Å². The average Bonchev–Trinajstić information content (AvgIpc) is 2.29. The fourth-order valence-electron chi connectivity index (χ4n) is 2.25. The van der Waals surface area contributed by atoms with E-state index in [4.69, 9.17) is 5.73 Å². The largest absolute Gasteiger partial charge is 0.398 e. The summed E-state index contributed by atoms with van der Waals surface area (Å²) in [6.07, 6.45) is 2.18. The molecule has 1 aliphatic rings. The molecular formula is C13H19N3O. The lowest BCUT2D eigenvalue weighted by atomic mass is 10.1. The van der Waals surface area contributed by atoms with Gasteiger partial charge in [0.05, 0.1) is 5.56 Å². The molecule has 1 atom stereocenters. The lowest BCUT2D eigenvalue weighted by Crippen LogP contribution is -2.46. The topological polar surface area (TPSA) is 58.4 Å². The molecule has 0 bridgehead atoms. The van der Waals surface area contributed by atoms with Gasteiger partial charge in [-0.3, -0.25) is 4.79 Å². The Kier molecular flexibility index (Phi) is 3.64. The van der Waals surface area contributed by atoms with Crippen LogP contribution in [0.15, 0.2) is 24.3 Å². The van der Waals surface area contributed by atoms with Gasteiger partial charge in [0.1, 0.15) is 0 Å². The predicted octanol–water partition coefficient (Wildman–Crippen LogP) is 1.09.